The number of carbonyl (C=O) groups is 1. The molecule has 0 unspecified atom stereocenters. The Morgan fingerprint density at radius 1 is 1.19 bits per heavy atom. The van der Waals surface area contributed by atoms with Gasteiger partial charge in [-0.05, 0) is 24.6 Å². The summed E-state index contributed by atoms with van der Waals surface area (Å²) < 4.78 is 38.2. The topological polar surface area (TPSA) is 108 Å². The van der Waals surface area contributed by atoms with E-state index in [1.54, 1.807) is 0 Å². The van der Waals surface area contributed by atoms with Gasteiger partial charge in [-0.1, -0.05) is 29.8 Å². The molecule has 8 nitrogen and oxygen atoms in total. The first-order valence-corrected chi connectivity index (χ1v) is 9.54. The van der Waals surface area contributed by atoms with Crippen LogP contribution in [0.15, 0.2) is 56.6 Å². The molecule has 9 heteroatoms. The third kappa shape index (κ3) is 4.09. The zero-order valence-electron chi connectivity index (χ0n) is 14.8. The molecule has 0 fully saturated rings. The number of oxazole rings is 1. The van der Waals surface area contributed by atoms with E-state index in [1.807, 2.05) is 31.2 Å². The summed E-state index contributed by atoms with van der Waals surface area (Å²) in [5, 5.41) is 0. The Hall–Kier alpha value is -2.91. The summed E-state index contributed by atoms with van der Waals surface area (Å²) in [6.07, 6.45) is 0. The number of ether oxygens (including phenoxy) is 1. The molecule has 0 saturated carbocycles. The molecule has 0 aliphatic heterocycles. The van der Waals surface area contributed by atoms with Gasteiger partial charge in [-0.15, -0.1) is 0 Å². The van der Waals surface area contributed by atoms with Crippen molar-refractivity contribution >= 4 is 27.1 Å². The lowest BCUT2D eigenvalue weighted by Crippen LogP contribution is -2.23. The van der Waals surface area contributed by atoms with Crippen molar-refractivity contribution in [2.45, 2.75) is 24.9 Å². The molecule has 27 heavy (non-hydrogen) atoms. The second-order valence-electron chi connectivity index (χ2n) is 5.97. The average molecular weight is 390 g/mol. The maximum Gasteiger partial charge on any atom is 0.420 e. The van der Waals surface area contributed by atoms with Crippen LogP contribution in [0.5, 0.6) is 0 Å². The third-order valence-electron chi connectivity index (χ3n) is 4.05. The molecule has 1 heterocycles. The van der Waals surface area contributed by atoms with Crippen LogP contribution in [0.2, 0.25) is 0 Å². The summed E-state index contributed by atoms with van der Waals surface area (Å²) in [5.74, 6) is -1.38. The number of hydrogen-bond donors (Lipinski definition) is 1. The van der Waals surface area contributed by atoms with Gasteiger partial charge in [0.25, 0.3) is 0 Å². The Balaban J connectivity index is 1.86. The maximum absolute atomic E-state index is 12.5. The maximum atomic E-state index is 12.5. The van der Waals surface area contributed by atoms with Crippen molar-refractivity contribution in [2.24, 2.45) is 0 Å². The zero-order valence-corrected chi connectivity index (χ0v) is 15.6. The number of methoxy groups -OCH3 is 1. The largest absolute Gasteiger partial charge is 0.468 e. The molecule has 0 radical (unpaired) electrons. The van der Waals surface area contributed by atoms with Crippen molar-refractivity contribution in [3.05, 3.63) is 64.1 Å². The Morgan fingerprint density at radius 2 is 1.89 bits per heavy atom. The number of rotatable bonds is 6. The minimum absolute atomic E-state index is 0.0407. The van der Waals surface area contributed by atoms with Gasteiger partial charge in [0, 0.05) is 12.6 Å². The normalized spacial score (nSPS) is 11.6. The van der Waals surface area contributed by atoms with Gasteiger partial charge >= 0.3 is 11.7 Å². The van der Waals surface area contributed by atoms with E-state index < -0.39 is 21.7 Å². The minimum atomic E-state index is -3.80. The SMILES string of the molecule is COC(=O)Cn1c(=O)oc2cc(S(=O)(=O)NCc3ccc(C)cc3)ccc21. The van der Waals surface area contributed by atoms with E-state index in [0.29, 0.717) is 5.52 Å². The first-order valence-electron chi connectivity index (χ1n) is 8.05. The van der Waals surface area contributed by atoms with Crippen molar-refractivity contribution in [1.82, 2.24) is 9.29 Å². The lowest BCUT2D eigenvalue weighted by Gasteiger charge is -2.07. The van der Waals surface area contributed by atoms with Gasteiger partial charge in [-0.3, -0.25) is 9.36 Å². The van der Waals surface area contributed by atoms with Crippen molar-refractivity contribution in [1.29, 1.82) is 0 Å². The highest BCUT2D eigenvalue weighted by atomic mass is 32.2. The highest BCUT2D eigenvalue weighted by Crippen LogP contribution is 2.19. The van der Waals surface area contributed by atoms with E-state index in [0.717, 1.165) is 15.7 Å². The number of esters is 1. The Labute approximate surface area is 155 Å². The quantitative estimate of drug-likeness (QED) is 0.640. The molecule has 0 bridgehead atoms. The molecule has 3 rings (SSSR count). The molecule has 0 atom stereocenters. The molecule has 142 valence electrons. The fourth-order valence-corrected chi connectivity index (χ4v) is 3.56. The summed E-state index contributed by atoms with van der Waals surface area (Å²) >= 11 is 0. The molecular weight excluding hydrogens is 372 g/mol. The smallest absolute Gasteiger partial charge is 0.420 e. The minimum Gasteiger partial charge on any atom is -0.468 e. The summed E-state index contributed by atoms with van der Waals surface area (Å²) in [5.41, 5.74) is 2.28. The third-order valence-corrected chi connectivity index (χ3v) is 5.45. The van der Waals surface area contributed by atoms with Crippen molar-refractivity contribution < 1.29 is 22.4 Å². The Kier molecular flexibility index (Phi) is 5.15. The summed E-state index contributed by atoms with van der Waals surface area (Å²) in [6.45, 7) is 1.76. The van der Waals surface area contributed by atoms with Crippen LogP contribution in [0.4, 0.5) is 0 Å². The molecule has 2 aromatic carbocycles. The van der Waals surface area contributed by atoms with Crippen molar-refractivity contribution in [3.8, 4) is 0 Å². The Morgan fingerprint density at radius 3 is 2.56 bits per heavy atom. The van der Waals surface area contributed by atoms with Crippen LogP contribution in [0, 0.1) is 6.92 Å². The van der Waals surface area contributed by atoms with Crippen LogP contribution in [0.25, 0.3) is 11.1 Å². The molecular formula is C18H18N2O6S. The van der Waals surface area contributed by atoms with E-state index in [2.05, 4.69) is 9.46 Å². The van der Waals surface area contributed by atoms with Crippen LogP contribution in [-0.2, 0) is 32.6 Å². The fraction of sp³-hybridized carbons (Fsp3) is 0.222. The van der Waals surface area contributed by atoms with E-state index in [-0.39, 0.29) is 23.6 Å². The number of nitrogens with one attached hydrogen (secondary N) is 1. The molecule has 0 spiro atoms. The monoisotopic (exact) mass is 390 g/mol. The molecule has 1 aromatic heterocycles. The van der Waals surface area contributed by atoms with E-state index >= 15 is 0 Å². The molecule has 0 aliphatic rings. The van der Waals surface area contributed by atoms with Gasteiger partial charge in [-0.25, -0.2) is 17.9 Å². The first-order chi connectivity index (χ1) is 12.8. The van der Waals surface area contributed by atoms with Gasteiger partial charge in [0.2, 0.25) is 10.0 Å². The number of carbonyl (C=O) groups excluding carboxylic acids is 1. The van der Waals surface area contributed by atoms with Gasteiger partial charge < -0.3 is 9.15 Å². The van der Waals surface area contributed by atoms with Crippen LogP contribution in [-0.4, -0.2) is 26.1 Å². The van der Waals surface area contributed by atoms with Crippen molar-refractivity contribution in [2.75, 3.05) is 7.11 Å². The molecule has 3 aromatic rings. The lowest BCUT2D eigenvalue weighted by atomic mass is 10.2. The lowest BCUT2D eigenvalue weighted by molar-refractivity contribution is -0.141. The second kappa shape index (κ2) is 7.37. The van der Waals surface area contributed by atoms with Crippen LogP contribution >= 0.6 is 0 Å². The van der Waals surface area contributed by atoms with Crippen LogP contribution < -0.4 is 10.5 Å². The number of benzene rings is 2. The zero-order chi connectivity index (χ0) is 19.6. The van der Waals surface area contributed by atoms with E-state index in [1.165, 1.54) is 25.3 Å². The van der Waals surface area contributed by atoms with Gasteiger partial charge in [0.15, 0.2) is 5.58 Å². The van der Waals surface area contributed by atoms with Crippen molar-refractivity contribution in [3.63, 3.8) is 0 Å². The summed E-state index contributed by atoms with van der Waals surface area (Å²) in [7, 11) is -2.60. The van der Waals surface area contributed by atoms with Gasteiger partial charge in [-0.2, -0.15) is 0 Å². The highest BCUT2D eigenvalue weighted by Gasteiger charge is 2.18. The summed E-state index contributed by atoms with van der Waals surface area (Å²) in [6, 6.07) is 11.5. The first kappa shape index (κ1) is 18.9. The number of nitrogens with zero attached hydrogens (tertiary/aromatic N) is 1. The predicted molar refractivity (Wildman–Crippen MR) is 97.7 cm³/mol. The number of hydrogen-bond acceptors (Lipinski definition) is 6. The second-order valence-corrected chi connectivity index (χ2v) is 7.74. The Bertz CT molecular complexity index is 1140. The molecule has 1 N–H and O–H groups in total. The van der Waals surface area contributed by atoms with Crippen LogP contribution in [0.1, 0.15) is 11.1 Å². The standard InChI is InChI=1S/C18H18N2O6S/c1-12-3-5-13(6-4-12)10-19-27(23,24)14-7-8-15-16(9-14)26-18(22)20(15)11-17(21)25-2/h3-9,19H,10-11H2,1-2H3. The number of aryl methyl sites for hydroxylation is 1. The summed E-state index contributed by atoms with van der Waals surface area (Å²) in [4.78, 5) is 23.3. The van der Waals surface area contributed by atoms with Crippen LogP contribution in [0.3, 0.4) is 0 Å². The average Bonchev–Trinajstić information content (AvgIpc) is 2.95. The molecule has 0 saturated heterocycles. The number of sulfonamides is 1. The number of fused-ring (bicyclic) bond motifs is 1. The number of aromatic nitrogens is 1. The van der Waals surface area contributed by atoms with Gasteiger partial charge in [0.1, 0.15) is 6.54 Å². The fourth-order valence-electron chi connectivity index (χ4n) is 2.52. The highest BCUT2D eigenvalue weighted by molar-refractivity contribution is 7.89. The van der Waals surface area contributed by atoms with E-state index in [4.69, 9.17) is 4.42 Å². The van der Waals surface area contributed by atoms with Gasteiger partial charge in [0.05, 0.1) is 17.5 Å². The predicted octanol–water partition coefficient (Wildman–Crippen LogP) is 1.55. The van der Waals surface area contributed by atoms with E-state index in [9.17, 15) is 18.0 Å². The molecule has 0 aliphatic carbocycles. The molecule has 0 amide bonds.